The van der Waals surface area contributed by atoms with E-state index in [1.165, 1.54) is 0 Å². The van der Waals surface area contributed by atoms with Crippen LogP contribution in [0, 0.1) is 5.92 Å². The van der Waals surface area contributed by atoms with Crippen molar-refractivity contribution in [3.05, 3.63) is 39.9 Å². The molecule has 5 heteroatoms. The SMILES string of the molecule is CCC(O)(CC)CC1CCN(C(=O)c2cc3c([nH]2)=CC=C=C(OC)C=3)CC1. The number of H-pyrrole nitrogens is 1. The lowest BCUT2D eigenvalue weighted by Gasteiger charge is -2.36. The monoisotopic (exact) mass is 370 g/mol. The third-order valence-corrected chi connectivity index (χ3v) is 5.98. The maximum atomic E-state index is 12.9. The average Bonchev–Trinajstić information content (AvgIpc) is 2.99. The molecular formula is C22H30N2O3. The number of carbonyl (C=O) groups is 1. The summed E-state index contributed by atoms with van der Waals surface area (Å²) in [5, 5.41) is 12.4. The van der Waals surface area contributed by atoms with Gasteiger partial charge in [-0.15, -0.1) is 0 Å². The number of methoxy groups -OCH3 is 1. The molecule has 1 aromatic rings. The highest BCUT2D eigenvalue weighted by Crippen LogP contribution is 2.30. The maximum absolute atomic E-state index is 12.9. The molecule has 1 saturated heterocycles. The number of amides is 1. The van der Waals surface area contributed by atoms with Crippen LogP contribution in [0.1, 0.15) is 56.4 Å². The minimum Gasteiger partial charge on any atom is -0.489 e. The predicted molar refractivity (Wildman–Crippen MR) is 106 cm³/mol. The molecule has 0 radical (unpaired) electrons. The Morgan fingerprint density at radius 2 is 2.07 bits per heavy atom. The van der Waals surface area contributed by atoms with Gasteiger partial charge in [0.05, 0.1) is 12.7 Å². The first-order valence-corrected chi connectivity index (χ1v) is 9.91. The van der Waals surface area contributed by atoms with Gasteiger partial charge in [-0.2, -0.15) is 0 Å². The lowest BCUT2D eigenvalue weighted by molar-refractivity contribution is -0.00132. The molecule has 2 N–H and O–H groups in total. The highest BCUT2D eigenvalue weighted by molar-refractivity contribution is 5.92. The van der Waals surface area contributed by atoms with Gasteiger partial charge >= 0.3 is 0 Å². The molecule has 0 spiro atoms. The summed E-state index contributed by atoms with van der Waals surface area (Å²) >= 11 is 0. The third-order valence-electron chi connectivity index (χ3n) is 5.98. The molecular weight excluding hydrogens is 340 g/mol. The molecule has 1 amide bonds. The predicted octanol–water partition coefficient (Wildman–Crippen LogP) is 2.07. The molecule has 2 heterocycles. The fraction of sp³-hybridized carbons (Fsp3) is 0.545. The van der Waals surface area contributed by atoms with E-state index < -0.39 is 5.60 Å². The van der Waals surface area contributed by atoms with Crippen LogP contribution < -0.4 is 10.6 Å². The van der Waals surface area contributed by atoms with Crippen molar-refractivity contribution in [1.29, 1.82) is 0 Å². The van der Waals surface area contributed by atoms with E-state index in [-0.39, 0.29) is 5.91 Å². The molecule has 0 atom stereocenters. The Hall–Kier alpha value is -2.23. The molecule has 2 aliphatic rings. The van der Waals surface area contributed by atoms with Crippen LogP contribution in [0.3, 0.4) is 0 Å². The number of fused-ring (bicyclic) bond motifs is 1. The number of ether oxygens (including phenoxy) is 1. The van der Waals surface area contributed by atoms with Crippen molar-refractivity contribution in [2.75, 3.05) is 20.2 Å². The molecule has 5 nitrogen and oxygen atoms in total. The van der Waals surface area contributed by atoms with Gasteiger partial charge in [0.1, 0.15) is 5.69 Å². The fourth-order valence-electron chi connectivity index (χ4n) is 3.95. The minimum absolute atomic E-state index is 0.0384. The molecule has 1 aliphatic carbocycles. The zero-order valence-corrected chi connectivity index (χ0v) is 16.5. The van der Waals surface area contributed by atoms with Crippen LogP contribution in [0.5, 0.6) is 0 Å². The van der Waals surface area contributed by atoms with Gasteiger partial charge in [0.15, 0.2) is 5.76 Å². The lowest BCUT2D eigenvalue weighted by atomic mass is 9.82. The summed E-state index contributed by atoms with van der Waals surface area (Å²) in [7, 11) is 1.61. The van der Waals surface area contributed by atoms with Crippen LogP contribution in [-0.2, 0) is 4.74 Å². The van der Waals surface area contributed by atoms with Gasteiger partial charge in [0, 0.05) is 23.7 Å². The van der Waals surface area contributed by atoms with Gasteiger partial charge < -0.3 is 19.7 Å². The number of aromatic amines is 1. The fourth-order valence-corrected chi connectivity index (χ4v) is 3.95. The first-order chi connectivity index (χ1) is 13.0. The molecule has 0 bridgehead atoms. The van der Waals surface area contributed by atoms with Crippen molar-refractivity contribution in [3.8, 4) is 0 Å². The second-order valence-corrected chi connectivity index (χ2v) is 7.61. The Bertz CT molecular complexity index is 862. The first kappa shape index (κ1) is 19.5. The van der Waals surface area contributed by atoms with E-state index in [4.69, 9.17) is 4.74 Å². The molecule has 0 saturated carbocycles. The quantitative estimate of drug-likeness (QED) is 0.754. The zero-order chi connectivity index (χ0) is 19.4. The summed E-state index contributed by atoms with van der Waals surface area (Å²) in [6.45, 7) is 5.58. The number of aliphatic hydroxyl groups is 1. The molecule has 0 aromatic carbocycles. The van der Waals surface area contributed by atoms with Crippen LogP contribution in [-0.4, -0.2) is 46.7 Å². The number of allylic oxidation sites excluding steroid dienone is 1. The van der Waals surface area contributed by atoms with Gasteiger partial charge in [-0.05, 0) is 62.3 Å². The van der Waals surface area contributed by atoms with Crippen LogP contribution in [0.25, 0.3) is 12.2 Å². The van der Waals surface area contributed by atoms with E-state index in [0.29, 0.717) is 17.4 Å². The summed E-state index contributed by atoms with van der Waals surface area (Å²) in [6, 6.07) is 1.88. The average molecular weight is 370 g/mol. The Morgan fingerprint density at radius 1 is 1.37 bits per heavy atom. The minimum atomic E-state index is -0.556. The zero-order valence-electron chi connectivity index (χ0n) is 16.5. The number of nitrogens with zero attached hydrogens (tertiary/aromatic N) is 1. The third kappa shape index (κ3) is 4.37. The van der Waals surface area contributed by atoms with Crippen molar-refractivity contribution in [2.24, 2.45) is 5.92 Å². The maximum Gasteiger partial charge on any atom is 0.270 e. The Morgan fingerprint density at radius 3 is 2.70 bits per heavy atom. The van der Waals surface area contributed by atoms with Gasteiger partial charge in [-0.25, -0.2) is 0 Å². The van der Waals surface area contributed by atoms with E-state index in [1.807, 2.05) is 37.0 Å². The number of rotatable bonds is 6. The van der Waals surface area contributed by atoms with E-state index in [0.717, 1.165) is 55.8 Å². The van der Waals surface area contributed by atoms with E-state index in [1.54, 1.807) is 13.2 Å². The van der Waals surface area contributed by atoms with E-state index >= 15 is 0 Å². The number of carbonyl (C=O) groups excluding carboxylic acids is 1. The smallest absolute Gasteiger partial charge is 0.270 e. The highest BCUT2D eigenvalue weighted by Gasteiger charge is 2.30. The molecule has 0 unspecified atom stereocenters. The van der Waals surface area contributed by atoms with Crippen LogP contribution >= 0.6 is 0 Å². The topological polar surface area (TPSA) is 65.6 Å². The van der Waals surface area contributed by atoms with Gasteiger partial charge in [0.25, 0.3) is 5.91 Å². The summed E-state index contributed by atoms with van der Waals surface area (Å²) in [5.74, 6) is 1.17. The molecule has 1 fully saturated rings. The van der Waals surface area contributed by atoms with Crippen molar-refractivity contribution in [1.82, 2.24) is 9.88 Å². The second-order valence-electron chi connectivity index (χ2n) is 7.61. The normalized spacial score (nSPS) is 17.5. The van der Waals surface area contributed by atoms with Gasteiger partial charge in [-0.1, -0.05) is 19.6 Å². The second kappa shape index (κ2) is 8.20. The first-order valence-electron chi connectivity index (χ1n) is 9.91. The van der Waals surface area contributed by atoms with Crippen molar-refractivity contribution in [3.63, 3.8) is 0 Å². The van der Waals surface area contributed by atoms with Crippen molar-refractivity contribution in [2.45, 2.75) is 51.6 Å². The number of nitrogens with one attached hydrogen (secondary N) is 1. The van der Waals surface area contributed by atoms with Crippen LogP contribution in [0.2, 0.25) is 0 Å². The number of hydrogen-bond acceptors (Lipinski definition) is 3. The lowest BCUT2D eigenvalue weighted by Crippen LogP contribution is -2.41. The number of hydrogen-bond donors (Lipinski definition) is 2. The molecule has 1 aliphatic heterocycles. The van der Waals surface area contributed by atoms with Crippen molar-refractivity contribution < 1.29 is 14.6 Å². The Balaban J connectivity index is 1.66. The summed E-state index contributed by atoms with van der Waals surface area (Å²) in [6.07, 6.45) is 9.88. The molecule has 146 valence electrons. The number of piperidine rings is 1. The van der Waals surface area contributed by atoms with E-state index in [2.05, 4.69) is 10.7 Å². The molecule has 1 aromatic heterocycles. The van der Waals surface area contributed by atoms with Gasteiger partial charge in [-0.3, -0.25) is 4.79 Å². The highest BCUT2D eigenvalue weighted by atomic mass is 16.5. The summed E-state index contributed by atoms with van der Waals surface area (Å²) < 4.78 is 5.25. The number of aromatic nitrogens is 1. The molecule has 3 rings (SSSR count). The van der Waals surface area contributed by atoms with Crippen LogP contribution in [0.15, 0.2) is 23.6 Å². The number of likely N-dealkylation sites (tertiary alicyclic amines) is 1. The standard InChI is InChI=1S/C22H30N2O3/c1-4-22(26,5-2)15-16-9-11-24(12-10-16)21(25)20-14-17-13-18(27-3)7-6-8-19(17)23-20/h6,8,13-14,16,23,26H,4-5,9-12,15H2,1-3H3. The Kier molecular flexibility index (Phi) is 5.93. The largest absolute Gasteiger partial charge is 0.489 e. The van der Waals surface area contributed by atoms with Crippen LogP contribution in [0.4, 0.5) is 0 Å². The van der Waals surface area contributed by atoms with Gasteiger partial charge in [0.2, 0.25) is 0 Å². The molecule has 27 heavy (non-hydrogen) atoms. The summed E-state index contributed by atoms with van der Waals surface area (Å²) in [5.41, 5.74) is 3.08. The Labute approximate surface area is 160 Å². The summed E-state index contributed by atoms with van der Waals surface area (Å²) in [4.78, 5) is 18.1. The van der Waals surface area contributed by atoms with E-state index in [9.17, 15) is 9.90 Å². The van der Waals surface area contributed by atoms with Crippen molar-refractivity contribution >= 4 is 18.1 Å².